The third-order valence-electron chi connectivity index (χ3n) is 6.40. The molecule has 1 amide bonds. The minimum Gasteiger partial charge on any atom is -0.507 e. The number of halogens is 1. The number of Topliss-reactive ketones (excluding diaryl/α,β-unsaturated/α-hetero) is 1. The Balaban J connectivity index is 1.88. The molecule has 0 aliphatic carbocycles. The van der Waals surface area contributed by atoms with Crippen LogP contribution in [-0.2, 0) is 16.1 Å². The van der Waals surface area contributed by atoms with Gasteiger partial charge in [0.15, 0.2) is 0 Å². The second-order valence-electron chi connectivity index (χ2n) is 8.39. The van der Waals surface area contributed by atoms with Crippen LogP contribution in [0.4, 0.5) is 10.1 Å². The van der Waals surface area contributed by atoms with Gasteiger partial charge in [-0.2, -0.15) is 0 Å². The van der Waals surface area contributed by atoms with Gasteiger partial charge in [-0.25, -0.2) is 4.39 Å². The minimum atomic E-state index is -0.878. The van der Waals surface area contributed by atoms with Crippen LogP contribution in [0.15, 0.2) is 72.6 Å². The average Bonchev–Trinajstić information content (AvgIpc) is 3.15. The number of carbonyl (C=O) groups is 2. The van der Waals surface area contributed by atoms with E-state index in [0.29, 0.717) is 5.56 Å². The number of aliphatic hydroxyl groups excluding tert-OH is 1. The third-order valence-corrected chi connectivity index (χ3v) is 6.40. The van der Waals surface area contributed by atoms with Gasteiger partial charge >= 0.3 is 0 Å². The summed E-state index contributed by atoms with van der Waals surface area (Å²) >= 11 is 0. The van der Waals surface area contributed by atoms with Gasteiger partial charge in [0.2, 0.25) is 0 Å². The smallest absolute Gasteiger partial charge is 0.295 e. The number of nitrogens with zero attached hydrogens (tertiary/aromatic N) is 3. The van der Waals surface area contributed by atoms with Crippen molar-refractivity contribution < 1.29 is 23.8 Å². The summed E-state index contributed by atoms with van der Waals surface area (Å²) in [6, 6.07) is 13.8. The number of aliphatic hydroxyl groups is 1. The van der Waals surface area contributed by atoms with Crippen molar-refractivity contribution in [1.29, 1.82) is 0 Å². The highest BCUT2D eigenvalue weighted by Crippen LogP contribution is 2.42. The lowest BCUT2D eigenvalue weighted by Gasteiger charge is -2.27. The van der Waals surface area contributed by atoms with Crippen molar-refractivity contribution in [2.75, 3.05) is 25.1 Å². The van der Waals surface area contributed by atoms with E-state index in [1.165, 1.54) is 24.1 Å². The number of rotatable bonds is 8. The predicted octanol–water partition coefficient (Wildman–Crippen LogP) is 4.70. The number of amides is 1. The summed E-state index contributed by atoms with van der Waals surface area (Å²) in [6.45, 7) is 5.92. The fraction of sp³-hybridized carbons (Fsp3) is 0.250. The van der Waals surface area contributed by atoms with Crippen molar-refractivity contribution in [3.05, 3.63) is 95.1 Å². The highest BCUT2D eigenvalue weighted by atomic mass is 19.1. The SMILES string of the molecule is CCN(CC)c1ccc(C2/C(=C(\O)c3cc(F)ccc3OC)C(=O)C(=O)N2Cc2ccncc2)cc1. The van der Waals surface area contributed by atoms with Crippen LogP contribution in [0.2, 0.25) is 0 Å². The molecule has 36 heavy (non-hydrogen) atoms. The molecule has 186 valence electrons. The third kappa shape index (κ3) is 4.66. The molecule has 1 aliphatic heterocycles. The highest BCUT2D eigenvalue weighted by Gasteiger charge is 2.46. The maximum Gasteiger partial charge on any atom is 0.295 e. The number of benzene rings is 2. The Morgan fingerprint density at radius 1 is 1.06 bits per heavy atom. The monoisotopic (exact) mass is 489 g/mol. The zero-order chi connectivity index (χ0) is 25.8. The van der Waals surface area contributed by atoms with E-state index in [9.17, 15) is 19.1 Å². The number of likely N-dealkylation sites (tertiary alicyclic amines) is 1. The molecule has 1 aliphatic rings. The molecule has 4 rings (SSSR count). The van der Waals surface area contributed by atoms with Gasteiger partial charge in [-0.3, -0.25) is 14.6 Å². The maximum absolute atomic E-state index is 14.1. The van der Waals surface area contributed by atoms with Crippen LogP contribution in [0.5, 0.6) is 5.75 Å². The Morgan fingerprint density at radius 2 is 1.72 bits per heavy atom. The lowest BCUT2D eigenvalue weighted by atomic mass is 9.94. The molecule has 8 heteroatoms. The van der Waals surface area contributed by atoms with Gasteiger partial charge in [-0.05, 0) is 67.4 Å². The number of carbonyl (C=O) groups excluding carboxylic acids is 2. The number of hydrogen-bond donors (Lipinski definition) is 1. The molecule has 0 bridgehead atoms. The molecule has 2 aromatic carbocycles. The van der Waals surface area contributed by atoms with Gasteiger partial charge in [0.05, 0.1) is 24.3 Å². The first kappa shape index (κ1) is 24.9. The summed E-state index contributed by atoms with van der Waals surface area (Å²) in [6.07, 6.45) is 3.22. The van der Waals surface area contributed by atoms with Crippen LogP contribution in [0.3, 0.4) is 0 Å². The van der Waals surface area contributed by atoms with Crippen LogP contribution < -0.4 is 9.64 Å². The number of anilines is 1. The van der Waals surface area contributed by atoms with E-state index >= 15 is 0 Å². The van der Waals surface area contributed by atoms with Crippen molar-refractivity contribution in [2.24, 2.45) is 0 Å². The molecular formula is C28H28FN3O4. The quantitative estimate of drug-likeness (QED) is 0.281. The summed E-state index contributed by atoms with van der Waals surface area (Å²) in [5.74, 6) is -2.50. The summed E-state index contributed by atoms with van der Waals surface area (Å²) in [5, 5.41) is 11.3. The Morgan fingerprint density at radius 3 is 2.33 bits per heavy atom. The summed E-state index contributed by atoms with van der Waals surface area (Å²) in [4.78, 5) is 34.1. The lowest BCUT2D eigenvalue weighted by molar-refractivity contribution is -0.140. The first-order valence-electron chi connectivity index (χ1n) is 11.8. The van der Waals surface area contributed by atoms with Crippen molar-refractivity contribution in [1.82, 2.24) is 9.88 Å². The first-order chi connectivity index (χ1) is 17.4. The Hall–Kier alpha value is -4.20. The normalized spacial score (nSPS) is 16.9. The van der Waals surface area contributed by atoms with E-state index in [1.807, 2.05) is 24.3 Å². The molecule has 1 atom stereocenters. The summed E-state index contributed by atoms with van der Waals surface area (Å²) in [7, 11) is 1.38. The van der Waals surface area contributed by atoms with Gasteiger partial charge in [0.1, 0.15) is 17.3 Å². The molecule has 1 unspecified atom stereocenters. The number of methoxy groups -OCH3 is 1. The number of aromatic nitrogens is 1. The Labute approximate surface area is 209 Å². The van der Waals surface area contributed by atoms with E-state index in [2.05, 4.69) is 23.7 Å². The van der Waals surface area contributed by atoms with Crippen molar-refractivity contribution in [2.45, 2.75) is 26.4 Å². The second-order valence-corrected chi connectivity index (χ2v) is 8.39. The molecule has 0 spiro atoms. The largest absolute Gasteiger partial charge is 0.507 e. The molecule has 0 radical (unpaired) electrons. The lowest BCUT2D eigenvalue weighted by Crippen LogP contribution is -2.29. The summed E-state index contributed by atoms with van der Waals surface area (Å²) in [5.41, 5.74) is 2.32. The van der Waals surface area contributed by atoms with Gasteiger partial charge in [-0.1, -0.05) is 12.1 Å². The van der Waals surface area contributed by atoms with Gasteiger partial charge in [-0.15, -0.1) is 0 Å². The van der Waals surface area contributed by atoms with Crippen LogP contribution in [0, 0.1) is 5.82 Å². The molecular weight excluding hydrogens is 461 g/mol. The van der Waals surface area contributed by atoms with Crippen molar-refractivity contribution in [3.8, 4) is 5.75 Å². The van der Waals surface area contributed by atoms with E-state index in [-0.39, 0.29) is 23.4 Å². The fourth-order valence-corrected chi connectivity index (χ4v) is 4.54. The van der Waals surface area contributed by atoms with Crippen LogP contribution in [0.1, 0.15) is 36.6 Å². The van der Waals surface area contributed by atoms with Gasteiger partial charge in [0.25, 0.3) is 11.7 Å². The van der Waals surface area contributed by atoms with E-state index < -0.39 is 29.3 Å². The Kier molecular flexibility index (Phi) is 7.33. The van der Waals surface area contributed by atoms with Crippen LogP contribution in [0.25, 0.3) is 5.76 Å². The predicted molar refractivity (Wildman–Crippen MR) is 135 cm³/mol. The molecule has 2 heterocycles. The second kappa shape index (κ2) is 10.6. The van der Waals surface area contributed by atoms with Gasteiger partial charge in [0, 0.05) is 37.7 Å². The molecule has 1 aromatic heterocycles. The van der Waals surface area contributed by atoms with E-state index in [4.69, 9.17) is 4.74 Å². The fourth-order valence-electron chi connectivity index (χ4n) is 4.54. The molecule has 3 aromatic rings. The number of hydrogen-bond acceptors (Lipinski definition) is 6. The average molecular weight is 490 g/mol. The Bertz CT molecular complexity index is 1290. The maximum atomic E-state index is 14.1. The highest BCUT2D eigenvalue weighted by molar-refractivity contribution is 6.46. The molecule has 1 N–H and O–H groups in total. The van der Waals surface area contributed by atoms with E-state index in [1.54, 1.807) is 24.5 Å². The standard InChI is InChI=1S/C28H28FN3O4/c1-4-31(5-2)21-9-6-19(7-10-21)25-24(26(33)22-16-20(29)8-11-23(22)36-3)27(34)28(35)32(25)17-18-12-14-30-15-13-18/h6-16,25,33H,4-5,17H2,1-3H3/b26-24+. The van der Waals surface area contributed by atoms with E-state index in [0.717, 1.165) is 30.4 Å². The zero-order valence-corrected chi connectivity index (χ0v) is 20.4. The molecule has 1 fully saturated rings. The zero-order valence-electron chi connectivity index (χ0n) is 20.4. The molecule has 0 saturated carbocycles. The topological polar surface area (TPSA) is 83.0 Å². The molecule has 1 saturated heterocycles. The molecule has 7 nitrogen and oxygen atoms in total. The van der Waals surface area contributed by atoms with Crippen molar-refractivity contribution in [3.63, 3.8) is 0 Å². The number of pyridine rings is 1. The van der Waals surface area contributed by atoms with Crippen LogP contribution in [-0.4, -0.2) is 46.9 Å². The van der Waals surface area contributed by atoms with Crippen molar-refractivity contribution >= 4 is 23.1 Å². The number of ketones is 1. The first-order valence-corrected chi connectivity index (χ1v) is 11.8. The summed E-state index contributed by atoms with van der Waals surface area (Å²) < 4.78 is 19.4. The minimum absolute atomic E-state index is 0.00386. The van der Waals surface area contributed by atoms with Gasteiger partial charge < -0.3 is 19.6 Å². The van der Waals surface area contributed by atoms with Crippen LogP contribution >= 0.6 is 0 Å². The number of ether oxygens (including phenoxy) is 1.